The van der Waals surface area contributed by atoms with Crippen LogP contribution in [0, 0.1) is 70.1 Å². The Labute approximate surface area is 799 Å². The lowest BCUT2D eigenvalue weighted by Crippen LogP contribution is -2.53. The number of halogens is 2. The van der Waals surface area contributed by atoms with Crippen molar-refractivity contribution in [1.82, 2.24) is 0 Å². The van der Waals surface area contributed by atoms with Gasteiger partial charge in [0.25, 0.3) is 0 Å². The molecule has 12 aromatic rings. The molecule has 24 heteroatoms. The largest absolute Gasteiger partial charge is 0.497 e. The maximum Gasteiger partial charge on any atom is 0.182 e. The molecule has 18 rings (SSSR count). The molecule has 12 aromatic carbocycles. The molecular formula is C110H110Cl2O16S6. The van der Waals surface area contributed by atoms with Gasteiger partial charge in [0, 0.05) is 82.6 Å². The molecule has 6 saturated carbocycles. The molecule has 0 bridgehead atoms. The number of rotatable bonds is 20. The summed E-state index contributed by atoms with van der Waals surface area (Å²) < 4.78 is 179. The number of hydrogen-bond donors (Lipinski definition) is 0. The zero-order chi connectivity index (χ0) is 95.1. The van der Waals surface area contributed by atoms with Crippen LogP contribution in [0.3, 0.4) is 0 Å². The Kier molecular flexibility index (Phi) is 28.8. The van der Waals surface area contributed by atoms with E-state index < -0.39 is 162 Å². The minimum absolute atomic E-state index is 0.00453. The number of sulfone groups is 6. The minimum atomic E-state index is -3.94. The summed E-state index contributed by atoms with van der Waals surface area (Å²) in [4.78, 5) is 43.5. The molecule has 134 heavy (non-hydrogen) atoms. The van der Waals surface area contributed by atoms with Crippen molar-refractivity contribution in [2.75, 3.05) is 7.11 Å². The van der Waals surface area contributed by atoms with E-state index in [1.165, 1.54) is 0 Å². The van der Waals surface area contributed by atoms with Gasteiger partial charge in [0.2, 0.25) is 0 Å². The molecule has 6 aliphatic carbocycles. The van der Waals surface area contributed by atoms with Crippen LogP contribution >= 0.6 is 23.2 Å². The van der Waals surface area contributed by atoms with E-state index in [4.69, 9.17) is 27.9 Å². The first-order valence-electron chi connectivity index (χ1n) is 45.7. The minimum Gasteiger partial charge on any atom is -0.497 e. The third-order valence-corrected chi connectivity index (χ3v) is 43.8. The first kappa shape index (κ1) is 96.8. The van der Waals surface area contributed by atoms with Gasteiger partial charge < -0.3 is 4.74 Å². The Morgan fingerprint density at radius 2 is 0.575 bits per heavy atom. The Hall–Kier alpha value is -10.3. The highest BCUT2D eigenvalue weighted by molar-refractivity contribution is 7.93. The van der Waals surface area contributed by atoms with E-state index in [9.17, 15) is 64.9 Å². The van der Waals surface area contributed by atoms with Crippen LogP contribution in [0.5, 0.6) is 5.75 Å². The van der Waals surface area contributed by atoms with Crippen molar-refractivity contribution in [1.29, 1.82) is 0 Å². The highest BCUT2D eigenvalue weighted by Crippen LogP contribution is 2.59. The number of aryl methyl sites for hydroxylation is 6. The summed E-state index contributed by atoms with van der Waals surface area (Å²) in [5.74, 6) is -6.70. The topological polar surface area (TPSA) is 265 Å². The lowest BCUT2D eigenvalue weighted by molar-refractivity contribution is -0.129. The Morgan fingerprint density at radius 1 is 0.276 bits per heavy atom. The fourth-order valence-corrected chi connectivity index (χ4v) is 36.1. The Bertz CT molecular complexity index is 7020. The monoisotopic (exact) mass is 1950 g/mol. The SMILES string of the molecule is CCc1ccc([C@@H]2CC(=O)[C@@H]3CC(S(=O)(=O)c4ccccc4C)[C@H](c4ccc(Cl)cc4)C[C@@H]3C2S(=O)(=O)c2ccc(C)cc2)cc1.COc1ccc([C@@H]2CC(=O)[C@@H]3CC(S(=O)(=O)c4ccccc4)[C@H](c4ccc(C)cc4)C[C@@H]3C2S(=O)(=O)c2ccccc2)cc1.Cc1ccc([C@@H]2C[C@@H]3C(S(=O)(=O)c4ccc(C)cc4)[C@H](c4cccc(Cl)c4)CC(=O)[C@@H]3CC2S(=O)(=O)c2ccccc2)cc1. The maximum atomic E-state index is 14.8. The molecule has 696 valence electrons. The maximum absolute atomic E-state index is 14.8. The molecule has 0 N–H and O–H groups in total. The summed E-state index contributed by atoms with van der Waals surface area (Å²) in [5.41, 5.74) is 10.5. The zero-order valence-electron chi connectivity index (χ0n) is 75.6. The molecule has 18 atom stereocenters. The fourth-order valence-electron chi connectivity index (χ4n) is 22.6. The van der Waals surface area contributed by atoms with Gasteiger partial charge in [0.05, 0.1) is 68.0 Å². The summed E-state index contributed by atoms with van der Waals surface area (Å²) >= 11 is 12.6. The zero-order valence-corrected chi connectivity index (χ0v) is 82.1. The number of Topliss-reactive ketones (excluding diaryl/α,β-unsaturated/α-hetero) is 3. The van der Waals surface area contributed by atoms with Crippen molar-refractivity contribution in [3.63, 3.8) is 0 Å². The second-order valence-electron chi connectivity index (χ2n) is 37.3. The van der Waals surface area contributed by atoms with Gasteiger partial charge in [-0.1, -0.05) is 259 Å². The number of carbonyl (C=O) groups excluding carboxylic acids is 3. The summed E-state index contributed by atoms with van der Waals surface area (Å²) in [5, 5.41) is -4.38. The normalized spacial score (nSPS) is 25.5. The van der Waals surface area contributed by atoms with Gasteiger partial charge in [-0.25, -0.2) is 50.5 Å². The summed E-state index contributed by atoms with van der Waals surface area (Å²) in [6.07, 6.45) is 1.90. The molecule has 0 radical (unpaired) electrons. The predicted octanol–water partition coefficient (Wildman–Crippen LogP) is 22.1. The third kappa shape index (κ3) is 19.6. The number of hydrogen-bond acceptors (Lipinski definition) is 16. The van der Waals surface area contributed by atoms with Crippen molar-refractivity contribution in [3.05, 3.63) is 386 Å². The molecule has 0 amide bonds. The van der Waals surface area contributed by atoms with Gasteiger partial charge in [-0.2, -0.15) is 0 Å². The first-order valence-corrected chi connectivity index (χ1v) is 55.7. The van der Waals surface area contributed by atoms with Crippen molar-refractivity contribution in [2.24, 2.45) is 35.5 Å². The molecule has 0 saturated heterocycles. The average molecular weight is 1950 g/mol. The summed E-state index contributed by atoms with van der Waals surface area (Å²) in [6, 6.07) is 90.8. The van der Waals surface area contributed by atoms with Crippen LogP contribution in [0.2, 0.25) is 10.0 Å². The van der Waals surface area contributed by atoms with E-state index in [0.29, 0.717) is 26.9 Å². The lowest BCUT2D eigenvalue weighted by Gasteiger charge is -2.48. The van der Waals surface area contributed by atoms with Crippen molar-refractivity contribution >= 4 is 99.6 Å². The number of fused-ring (bicyclic) bond motifs is 3. The number of carbonyl (C=O) groups is 3. The number of benzene rings is 12. The van der Waals surface area contributed by atoms with Gasteiger partial charge in [0.1, 0.15) is 23.1 Å². The van der Waals surface area contributed by atoms with E-state index in [2.05, 4.69) is 6.92 Å². The van der Waals surface area contributed by atoms with Crippen LogP contribution < -0.4 is 4.74 Å². The van der Waals surface area contributed by atoms with E-state index in [0.717, 1.165) is 62.1 Å². The molecule has 0 heterocycles. The number of ketones is 3. The van der Waals surface area contributed by atoms with Crippen LogP contribution in [0.15, 0.2) is 339 Å². The predicted molar refractivity (Wildman–Crippen MR) is 527 cm³/mol. The van der Waals surface area contributed by atoms with E-state index in [1.807, 2.05) is 131 Å². The highest BCUT2D eigenvalue weighted by Gasteiger charge is 2.61. The van der Waals surface area contributed by atoms with Gasteiger partial charge in [-0.05, 0) is 245 Å². The van der Waals surface area contributed by atoms with Crippen LogP contribution in [0.1, 0.15) is 167 Å². The van der Waals surface area contributed by atoms with Crippen molar-refractivity contribution < 1.29 is 69.6 Å². The van der Waals surface area contributed by atoms with Crippen molar-refractivity contribution in [3.8, 4) is 5.75 Å². The second kappa shape index (κ2) is 39.8. The van der Waals surface area contributed by atoms with Crippen LogP contribution in [-0.2, 0) is 79.8 Å². The molecular weight excluding hydrogens is 1840 g/mol. The van der Waals surface area contributed by atoms with Gasteiger partial charge >= 0.3 is 0 Å². The van der Waals surface area contributed by atoms with E-state index >= 15 is 0 Å². The van der Waals surface area contributed by atoms with Gasteiger partial charge in [-0.15, -0.1) is 0 Å². The fraction of sp³-hybridized carbons (Fsp3) is 0.318. The molecule has 6 aliphatic rings. The first-order chi connectivity index (χ1) is 64.0. The molecule has 0 spiro atoms. The van der Waals surface area contributed by atoms with Gasteiger partial charge in [-0.3, -0.25) is 14.4 Å². The number of methoxy groups -OCH3 is 1. The van der Waals surface area contributed by atoms with Gasteiger partial charge in [0.15, 0.2) is 59.0 Å². The van der Waals surface area contributed by atoms with Crippen LogP contribution in [0.4, 0.5) is 0 Å². The molecule has 0 aliphatic heterocycles. The second-order valence-corrected chi connectivity index (χ2v) is 50.9. The molecule has 6 unspecified atom stereocenters. The van der Waals surface area contributed by atoms with E-state index in [1.54, 1.807) is 220 Å². The number of ether oxygens (including phenoxy) is 1. The Morgan fingerprint density at radius 3 is 0.925 bits per heavy atom. The molecule has 16 nitrogen and oxygen atoms in total. The lowest BCUT2D eigenvalue weighted by atomic mass is 9.61. The average Bonchev–Trinajstić information content (AvgIpc) is 0.729. The van der Waals surface area contributed by atoms with Crippen molar-refractivity contribution in [2.45, 2.75) is 202 Å². The highest BCUT2D eigenvalue weighted by atomic mass is 35.5. The van der Waals surface area contributed by atoms with E-state index in [-0.39, 0.29) is 105 Å². The Balaban J connectivity index is 0.000000146. The standard InChI is InChI=1S/C38H39ClO5S2.C36H35ClO5S2.C36H36O6S2/c1-4-26-11-13-28(14-12-26)32-22-35(40)33-23-37(46(43,44)36-8-6-5-7-25(36)3)31(27-15-17-29(39)18-16-27)21-34(33)38(32)45(41,42)30-19-9-24(2)10-20-30;1-23-11-15-25(16-12-23)30-20-33-32(22-35(30)43(39,40)28-9-4-3-5-10-28)34(38)21-31(26-7-6-8-27(37)19-26)36(33)44(41,42)29-17-13-24(2)14-18-29;1-24-13-15-25(16-14-24)30-21-33-32(23-35(30)43(38,39)28-9-5-3-6-10-28)34(37)22-31(26-17-19-27(42-2)20-18-26)36(33)44(40,41)29-11-7-4-8-12-29/h5-20,31-34,37-38H,4,21-23H2,1-3H3;3-19,30-33,35-36H,20-22H2,1-2H3;3-20,30-33,35-36H,21-23H2,1-2H3/t31-,32-,33+,34-,37?,38?;2*30-,31-,32+,33-,35?,36?/m000/s1. The molecule has 0 aromatic heterocycles. The van der Waals surface area contributed by atoms with Crippen LogP contribution in [0.25, 0.3) is 0 Å². The molecule has 6 fully saturated rings. The third-order valence-electron chi connectivity index (χ3n) is 29.4. The van der Waals surface area contributed by atoms with Crippen LogP contribution in [-0.4, -0.2) is 106 Å². The quantitative estimate of drug-likeness (QED) is 0.0686. The smallest absolute Gasteiger partial charge is 0.182 e. The summed E-state index contributed by atoms with van der Waals surface area (Å²) in [7, 11) is -21.8. The summed E-state index contributed by atoms with van der Waals surface area (Å²) in [6.45, 7) is 11.6.